The molecule has 0 aliphatic heterocycles. The van der Waals surface area contributed by atoms with Gasteiger partial charge in [-0.25, -0.2) is 0 Å². The first-order valence-electron chi connectivity index (χ1n) is 40.5. The summed E-state index contributed by atoms with van der Waals surface area (Å²) in [5, 5.41) is 15.2. The van der Waals surface area contributed by atoms with E-state index < -0.39 is 0 Å². The Morgan fingerprint density at radius 3 is 0.590 bits per heavy atom. The van der Waals surface area contributed by atoms with E-state index in [4.69, 9.17) is 0 Å². The van der Waals surface area contributed by atoms with Gasteiger partial charge in [0, 0.05) is 104 Å². The molecule has 1 aliphatic carbocycles. The van der Waals surface area contributed by atoms with Gasteiger partial charge in [0.25, 0.3) is 0 Å². The zero-order valence-corrected chi connectivity index (χ0v) is 64.4. The summed E-state index contributed by atoms with van der Waals surface area (Å²) < 4.78 is 14.4. The Hall–Kier alpha value is -15.2. The van der Waals surface area contributed by atoms with Gasteiger partial charge >= 0.3 is 0 Å². The van der Waals surface area contributed by atoms with E-state index in [1.807, 2.05) is 0 Å². The van der Waals surface area contributed by atoms with Gasteiger partial charge in [0.05, 0.1) is 66.2 Å². The quantitative estimate of drug-likeness (QED) is 0.138. The summed E-state index contributed by atoms with van der Waals surface area (Å²) in [6.45, 7) is 4.78. The number of aromatic nitrogens is 6. The van der Waals surface area contributed by atoms with Crippen LogP contribution in [0.4, 0.5) is 0 Å². The van der Waals surface area contributed by atoms with Crippen molar-refractivity contribution in [3.8, 4) is 78.6 Å². The molecule has 0 atom stereocenters. The summed E-state index contributed by atoms with van der Waals surface area (Å²) in [6, 6.07) is 151. The van der Waals surface area contributed by atoms with Crippen LogP contribution in [0.5, 0.6) is 0 Å². The van der Waals surface area contributed by atoms with E-state index in [-0.39, 0.29) is 5.41 Å². The van der Waals surface area contributed by atoms with E-state index in [9.17, 15) is 0 Å². The maximum absolute atomic E-state index is 2.47. The molecule has 0 saturated heterocycles. The largest absolute Gasteiger partial charge is 0.309 e. The van der Waals surface area contributed by atoms with E-state index >= 15 is 0 Å². The van der Waals surface area contributed by atoms with Crippen LogP contribution in [0.1, 0.15) is 25.0 Å². The van der Waals surface area contributed by atoms with Crippen LogP contribution in [-0.2, 0) is 5.41 Å². The van der Waals surface area contributed by atoms with Crippen molar-refractivity contribution in [3.05, 3.63) is 424 Å². The van der Waals surface area contributed by atoms with Crippen molar-refractivity contribution in [2.24, 2.45) is 0 Å². The summed E-state index contributed by atoms with van der Waals surface area (Å²) in [6.07, 6.45) is 0. The third-order valence-electron chi connectivity index (χ3n) is 25.3. The standard InChI is InChI=1S/C57H39N3.C54H35N3/c1-57(2)49-34-39(59-51-20-10-6-16-43(51)44-17-7-11-21-52(44)59)26-28-41(49)42-29-27-40(35-50(42)57)60-54-23-13-9-19-46(54)48-33-37(25-31-56(48)60)36-24-30-55-47(32-36)45-18-8-12-22-53(45)58(55)38-14-4-3-5-15-38;1-2-12-40(13-3-1)55-51-20-10-6-16-45(51)47-34-38(26-32-53(47)55)39-27-33-54-48(35-39)46-17-7-11-21-52(46)57(54)42-30-24-37(25-31-42)36-22-28-41(29-23-36)56-49-18-8-4-14-43(49)44-15-5-9-19-50(44)56/h3-35H,1-2H3;1-35H. The number of fused-ring (bicyclic) bond motifs is 21. The van der Waals surface area contributed by atoms with Gasteiger partial charge in [0.2, 0.25) is 0 Å². The minimum atomic E-state index is -0.191. The number of hydrogen-bond acceptors (Lipinski definition) is 0. The van der Waals surface area contributed by atoms with Crippen molar-refractivity contribution in [2.75, 3.05) is 0 Å². The Balaban J connectivity index is 0.000000134. The van der Waals surface area contributed by atoms with Crippen molar-refractivity contribution in [1.29, 1.82) is 0 Å². The third kappa shape index (κ3) is 10.2. The minimum Gasteiger partial charge on any atom is -0.309 e. The lowest BCUT2D eigenvalue weighted by molar-refractivity contribution is 0.659. The van der Waals surface area contributed by atoms with Crippen LogP contribution >= 0.6 is 0 Å². The molecule has 1 aliphatic rings. The summed E-state index contributed by atoms with van der Waals surface area (Å²) in [4.78, 5) is 0. The number of benzene rings is 18. The maximum atomic E-state index is 2.47. The molecular formula is C111H74N6. The predicted molar refractivity (Wildman–Crippen MR) is 493 cm³/mol. The SMILES string of the molecule is CC1(C)c2cc(-n3c4ccccc4c4ccccc43)ccc2-c2ccc(-n3c4ccccc4c4cc(-c5ccc6c(c5)c5ccccc5n6-c5ccccc5)ccc43)cc21.c1ccc(-n2c3ccccc3c3cc(-c4ccc5c(c4)c4ccccc4n5-c4ccc(-c5ccc(-n6c7ccccc7c7ccccc76)cc5)cc4)ccc32)cc1. The zero-order chi connectivity index (χ0) is 77.1. The van der Waals surface area contributed by atoms with E-state index in [0.29, 0.717) is 0 Å². The number of rotatable bonds is 9. The molecule has 18 aromatic carbocycles. The van der Waals surface area contributed by atoms with Crippen LogP contribution in [0, 0.1) is 0 Å². The van der Waals surface area contributed by atoms with E-state index in [0.717, 1.165) is 11.4 Å². The van der Waals surface area contributed by atoms with E-state index in [2.05, 4.69) is 454 Å². The number of nitrogens with zero attached hydrogens (tertiary/aromatic N) is 6. The molecule has 0 fully saturated rings. The van der Waals surface area contributed by atoms with Gasteiger partial charge in [-0.1, -0.05) is 257 Å². The molecule has 0 radical (unpaired) electrons. The lowest BCUT2D eigenvalue weighted by atomic mass is 9.82. The highest BCUT2D eigenvalue weighted by Crippen LogP contribution is 2.52. The second kappa shape index (κ2) is 25.9. The van der Waals surface area contributed by atoms with Crippen molar-refractivity contribution < 1.29 is 0 Å². The minimum absolute atomic E-state index is 0.191. The van der Waals surface area contributed by atoms with Crippen molar-refractivity contribution in [2.45, 2.75) is 19.3 Å². The van der Waals surface area contributed by atoms with Gasteiger partial charge in [0.1, 0.15) is 0 Å². The lowest BCUT2D eigenvalue weighted by Gasteiger charge is -2.23. The molecule has 6 nitrogen and oxygen atoms in total. The second-order valence-corrected chi connectivity index (χ2v) is 31.9. The lowest BCUT2D eigenvalue weighted by Crippen LogP contribution is -2.16. The van der Waals surface area contributed by atoms with Crippen LogP contribution in [-0.4, -0.2) is 27.4 Å². The highest BCUT2D eigenvalue weighted by atomic mass is 15.0. The zero-order valence-electron chi connectivity index (χ0n) is 64.4. The fraction of sp³-hybridized carbons (Fsp3) is 0.0270. The second-order valence-electron chi connectivity index (χ2n) is 31.9. The average Bonchev–Trinajstić information content (AvgIpc) is 1.55. The summed E-state index contributed by atoms with van der Waals surface area (Å²) in [5.74, 6) is 0. The smallest absolute Gasteiger partial charge is 0.0541 e. The predicted octanol–water partition coefficient (Wildman–Crippen LogP) is 29.3. The molecule has 0 saturated carbocycles. The Morgan fingerprint density at radius 2 is 0.333 bits per heavy atom. The number of para-hydroxylation sites is 10. The maximum Gasteiger partial charge on any atom is 0.0541 e. The monoisotopic (exact) mass is 1490 g/mol. The Morgan fingerprint density at radius 1 is 0.145 bits per heavy atom. The fourth-order valence-electron chi connectivity index (χ4n) is 19.9. The van der Waals surface area contributed by atoms with Crippen LogP contribution < -0.4 is 0 Å². The first-order chi connectivity index (χ1) is 57.8. The molecule has 548 valence electrons. The molecule has 0 amide bonds. The Kier molecular flexibility index (Phi) is 14.7. The highest BCUT2D eigenvalue weighted by molar-refractivity contribution is 6.16. The molecule has 6 heteroatoms. The van der Waals surface area contributed by atoms with Crippen LogP contribution in [0.2, 0.25) is 0 Å². The van der Waals surface area contributed by atoms with E-state index in [1.165, 1.54) is 209 Å². The van der Waals surface area contributed by atoms with Crippen LogP contribution in [0.15, 0.2) is 413 Å². The molecule has 0 unspecified atom stereocenters. The highest BCUT2D eigenvalue weighted by Gasteiger charge is 2.37. The van der Waals surface area contributed by atoms with Gasteiger partial charge in [-0.2, -0.15) is 0 Å². The normalized spacial score (nSPS) is 12.6. The molecule has 6 heterocycles. The average molecular weight is 1490 g/mol. The van der Waals surface area contributed by atoms with Crippen molar-refractivity contribution >= 4 is 131 Å². The molecule has 25 rings (SSSR count). The fourth-order valence-corrected chi connectivity index (χ4v) is 19.9. The molecule has 0 bridgehead atoms. The van der Waals surface area contributed by atoms with Crippen LogP contribution in [0.3, 0.4) is 0 Å². The Labute approximate surface area is 675 Å². The van der Waals surface area contributed by atoms with Gasteiger partial charge in [-0.3, -0.25) is 0 Å². The molecular weight excluding hydrogens is 1420 g/mol. The molecule has 24 aromatic rings. The van der Waals surface area contributed by atoms with Crippen LogP contribution in [0.25, 0.3) is 209 Å². The summed E-state index contributed by atoms with van der Waals surface area (Å²) >= 11 is 0. The molecule has 0 N–H and O–H groups in total. The number of hydrogen-bond donors (Lipinski definition) is 0. The topological polar surface area (TPSA) is 29.6 Å². The van der Waals surface area contributed by atoms with Gasteiger partial charge in [0.15, 0.2) is 0 Å². The van der Waals surface area contributed by atoms with Gasteiger partial charge < -0.3 is 27.4 Å². The summed E-state index contributed by atoms with van der Waals surface area (Å²) in [5.41, 5.74) is 34.1. The third-order valence-corrected chi connectivity index (χ3v) is 25.3. The molecule has 6 aromatic heterocycles. The van der Waals surface area contributed by atoms with Gasteiger partial charge in [-0.15, -0.1) is 0 Å². The van der Waals surface area contributed by atoms with Crippen molar-refractivity contribution in [1.82, 2.24) is 27.4 Å². The molecule has 117 heavy (non-hydrogen) atoms. The Bertz CT molecular complexity index is 8090. The van der Waals surface area contributed by atoms with Gasteiger partial charge in [-0.05, 0) is 225 Å². The van der Waals surface area contributed by atoms with Crippen molar-refractivity contribution in [3.63, 3.8) is 0 Å². The first-order valence-corrected chi connectivity index (χ1v) is 40.5. The first kappa shape index (κ1) is 66.4. The van der Waals surface area contributed by atoms with E-state index in [1.54, 1.807) is 0 Å². The molecule has 0 spiro atoms. The summed E-state index contributed by atoms with van der Waals surface area (Å²) in [7, 11) is 0.